The highest BCUT2D eigenvalue weighted by molar-refractivity contribution is 9.10. The second kappa shape index (κ2) is 7.09. The summed E-state index contributed by atoms with van der Waals surface area (Å²) in [6.07, 6.45) is 4.89. The van der Waals surface area contributed by atoms with Crippen LogP contribution in [-0.4, -0.2) is 39.1 Å². The summed E-state index contributed by atoms with van der Waals surface area (Å²) in [6.45, 7) is 0. The highest BCUT2D eigenvalue weighted by Gasteiger charge is 2.43. The Morgan fingerprint density at radius 1 is 1.16 bits per heavy atom. The molecule has 1 aromatic carbocycles. The zero-order chi connectivity index (χ0) is 17.4. The summed E-state index contributed by atoms with van der Waals surface area (Å²) < 4.78 is 0.935. The third kappa shape index (κ3) is 3.48. The van der Waals surface area contributed by atoms with Crippen molar-refractivity contribution >= 4 is 33.6 Å². The number of rotatable bonds is 3. The molecule has 1 N–H and O–H groups in total. The monoisotopic (exact) mass is 418 g/mol. The number of aliphatic hydroxyl groups excluding tert-OH is 1. The smallest absolute Gasteiger partial charge is 0.255 e. The number of piperidine rings is 1. The second-order valence-electron chi connectivity index (χ2n) is 6.64. The fourth-order valence-electron chi connectivity index (χ4n) is 3.89. The van der Waals surface area contributed by atoms with Crippen LogP contribution in [0.2, 0.25) is 0 Å². The molecule has 2 saturated heterocycles. The van der Waals surface area contributed by atoms with Crippen LogP contribution in [0.25, 0.3) is 0 Å². The van der Waals surface area contributed by atoms with Crippen molar-refractivity contribution < 1.29 is 9.90 Å². The Bertz CT molecular complexity index is 769. The van der Waals surface area contributed by atoms with E-state index in [1.807, 2.05) is 41.3 Å². The Kier molecular flexibility index (Phi) is 4.84. The van der Waals surface area contributed by atoms with E-state index in [1.165, 1.54) is 11.8 Å². The first-order chi connectivity index (χ1) is 12.1. The maximum Gasteiger partial charge on any atom is 0.255 e. The van der Waals surface area contributed by atoms with E-state index in [1.54, 1.807) is 6.20 Å². The number of aromatic nitrogens is 1. The van der Waals surface area contributed by atoms with Crippen LogP contribution < -0.4 is 0 Å². The lowest BCUT2D eigenvalue weighted by atomic mass is 9.98. The Morgan fingerprint density at radius 3 is 2.56 bits per heavy atom. The minimum Gasteiger partial charge on any atom is -0.393 e. The van der Waals surface area contributed by atoms with Gasteiger partial charge in [0, 0.05) is 27.6 Å². The molecule has 0 spiro atoms. The van der Waals surface area contributed by atoms with Crippen molar-refractivity contribution in [2.24, 2.45) is 0 Å². The van der Waals surface area contributed by atoms with Gasteiger partial charge in [0.05, 0.1) is 11.7 Å². The van der Waals surface area contributed by atoms with Gasteiger partial charge < -0.3 is 10.0 Å². The molecule has 0 aliphatic carbocycles. The van der Waals surface area contributed by atoms with Crippen LogP contribution >= 0.6 is 27.7 Å². The zero-order valence-electron chi connectivity index (χ0n) is 13.6. The highest BCUT2D eigenvalue weighted by Crippen LogP contribution is 2.38. The minimum atomic E-state index is -0.266. The lowest BCUT2D eigenvalue weighted by Crippen LogP contribution is -2.48. The van der Waals surface area contributed by atoms with Crippen molar-refractivity contribution in [3.8, 4) is 0 Å². The van der Waals surface area contributed by atoms with E-state index in [4.69, 9.17) is 0 Å². The van der Waals surface area contributed by atoms with E-state index in [0.717, 1.165) is 32.8 Å². The summed E-state index contributed by atoms with van der Waals surface area (Å²) in [4.78, 5) is 20.6. The number of carbonyl (C=O) groups is 1. The van der Waals surface area contributed by atoms with Crippen molar-refractivity contribution in [1.82, 2.24) is 9.88 Å². The largest absolute Gasteiger partial charge is 0.393 e. The molecule has 2 aromatic rings. The van der Waals surface area contributed by atoms with Gasteiger partial charge in [0.1, 0.15) is 5.03 Å². The van der Waals surface area contributed by atoms with Crippen molar-refractivity contribution in [2.45, 2.75) is 53.8 Å². The van der Waals surface area contributed by atoms with Crippen LogP contribution in [0.5, 0.6) is 0 Å². The molecule has 2 aliphatic rings. The van der Waals surface area contributed by atoms with Crippen molar-refractivity contribution in [3.63, 3.8) is 0 Å². The first kappa shape index (κ1) is 17.1. The molecule has 1 amide bonds. The lowest BCUT2D eigenvalue weighted by molar-refractivity contribution is 0.0284. The molecular weight excluding hydrogens is 400 g/mol. The third-order valence-corrected chi connectivity index (χ3v) is 6.47. The van der Waals surface area contributed by atoms with Crippen molar-refractivity contribution in [1.29, 1.82) is 0 Å². The van der Waals surface area contributed by atoms with E-state index >= 15 is 0 Å². The molecular formula is C19H19BrN2O2S. The third-order valence-electron chi connectivity index (χ3n) is 4.97. The van der Waals surface area contributed by atoms with E-state index < -0.39 is 0 Å². The van der Waals surface area contributed by atoms with E-state index in [0.29, 0.717) is 12.8 Å². The maximum atomic E-state index is 13.2. The molecule has 0 saturated carbocycles. The van der Waals surface area contributed by atoms with E-state index in [2.05, 4.69) is 20.9 Å². The van der Waals surface area contributed by atoms with Crippen molar-refractivity contribution in [2.75, 3.05) is 0 Å². The molecule has 4 nitrogen and oxygen atoms in total. The molecule has 2 fully saturated rings. The van der Waals surface area contributed by atoms with E-state index in [-0.39, 0.29) is 24.1 Å². The summed E-state index contributed by atoms with van der Waals surface area (Å²) >= 11 is 4.90. The van der Waals surface area contributed by atoms with Crippen molar-refractivity contribution in [3.05, 3.63) is 52.6 Å². The molecule has 3 heterocycles. The summed E-state index contributed by atoms with van der Waals surface area (Å²) in [5.74, 6) is 0.0830. The molecule has 2 aliphatic heterocycles. The number of halogens is 1. The molecule has 4 rings (SSSR count). The highest BCUT2D eigenvalue weighted by atomic mass is 79.9. The number of carbonyl (C=O) groups excluding carboxylic acids is 1. The lowest BCUT2D eigenvalue weighted by Gasteiger charge is -2.37. The summed E-state index contributed by atoms with van der Waals surface area (Å²) in [6, 6.07) is 12.0. The quantitative estimate of drug-likeness (QED) is 0.813. The van der Waals surface area contributed by atoms with Gasteiger partial charge in [0.2, 0.25) is 0 Å². The predicted molar refractivity (Wildman–Crippen MR) is 101 cm³/mol. The van der Waals surface area contributed by atoms with Crippen LogP contribution in [0.4, 0.5) is 0 Å². The molecule has 2 bridgehead atoms. The fourth-order valence-corrected chi connectivity index (χ4v) is 5.00. The summed E-state index contributed by atoms with van der Waals surface area (Å²) in [7, 11) is 0. The number of nitrogens with zero attached hydrogens (tertiary/aromatic N) is 2. The Morgan fingerprint density at radius 2 is 1.88 bits per heavy atom. The fraction of sp³-hybridized carbons (Fsp3) is 0.368. The van der Waals surface area contributed by atoms with Crippen LogP contribution in [0.1, 0.15) is 36.0 Å². The minimum absolute atomic E-state index is 0.0830. The molecule has 130 valence electrons. The van der Waals surface area contributed by atoms with Gasteiger partial charge in [0.25, 0.3) is 5.91 Å². The Hall–Kier alpha value is -1.37. The van der Waals surface area contributed by atoms with Crippen LogP contribution in [0.15, 0.2) is 57.0 Å². The Balaban J connectivity index is 1.60. The van der Waals surface area contributed by atoms with Gasteiger partial charge in [-0.1, -0.05) is 23.9 Å². The number of aliphatic hydroxyl groups is 1. The van der Waals surface area contributed by atoms with Gasteiger partial charge in [-0.15, -0.1) is 0 Å². The number of benzene rings is 1. The zero-order valence-corrected chi connectivity index (χ0v) is 16.0. The summed E-state index contributed by atoms with van der Waals surface area (Å²) in [5.41, 5.74) is 0.727. The van der Waals surface area contributed by atoms with Crippen LogP contribution in [0, 0.1) is 0 Å². The number of hydrogen-bond acceptors (Lipinski definition) is 4. The second-order valence-corrected chi connectivity index (χ2v) is 8.61. The van der Waals surface area contributed by atoms with Gasteiger partial charge in [0.15, 0.2) is 0 Å². The topological polar surface area (TPSA) is 53.4 Å². The van der Waals surface area contributed by atoms with Gasteiger partial charge in [-0.25, -0.2) is 4.98 Å². The molecule has 1 aromatic heterocycles. The first-order valence-corrected chi connectivity index (χ1v) is 10.1. The molecule has 2 atom stereocenters. The first-order valence-electron chi connectivity index (χ1n) is 8.51. The van der Waals surface area contributed by atoms with Gasteiger partial charge in [-0.2, -0.15) is 0 Å². The maximum absolute atomic E-state index is 13.2. The summed E-state index contributed by atoms with van der Waals surface area (Å²) in [5, 5.41) is 10.8. The number of pyridine rings is 1. The van der Waals surface area contributed by atoms with Gasteiger partial charge in [-0.05, 0) is 65.9 Å². The van der Waals surface area contributed by atoms with Gasteiger partial charge in [-0.3, -0.25) is 4.79 Å². The van der Waals surface area contributed by atoms with Gasteiger partial charge >= 0.3 is 0 Å². The number of hydrogen-bond donors (Lipinski definition) is 1. The molecule has 0 radical (unpaired) electrons. The molecule has 25 heavy (non-hydrogen) atoms. The van der Waals surface area contributed by atoms with Crippen LogP contribution in [-0.2, 0) is 0 Å². The normalized spacial score (nSPS) is 25.2. The Labute approximate surface area is 159 Å². The van der Waals surface area contributed by atoms with E-state index in [9.17, 15) is 9.90 Å². The number of fused-ring (bicyclic) bond motifs is 2. The van der Waals surface area contributed by atoms with Crippen LogP contribution in [0.3, 0.4) is 0 Å². The average Bonchev–Trinajstić information content (AvgIpc) is 2.88. The average molecular weight is 419 g/mol. The number of amides is 1. The standard InChI is InChI=1S/C19H19BrN2O2S/c20-12-5-8-18(21-11-12)25-17-4-2-1-3-16(17)19(24)22-13-6-7-14(22)10-15(23)9-13/h1-5,8,11,13-15,23H,6-7,9-10H2. The molecule has 2 unspecified atom stereocenters. The SMILES string of the molecule is O=C(c1ccccc1Sc1ccc(Br)cn1)N1C2CCC1CC(O)C2. The molecule has 6 heteroatoms. The predicted octanol–water partition coefficient (Wildman–Crippen LogP) is 4.12.